The zero-order valence-electron chi connectivity index (χ0n) is 41.8. The van der Waals surface area contributed by atoms with Crippen molar-refractivity contribution < 1.29 is 93.8 Å². The van der Waals surface area contributed by atoms with Gasteiger partial charge >= 0.3 is 258 Å². The van der Waals surface area contributed by atoms with Crippen LogP contribution in [0.5, 0.6) is 0 Å². The molecule has 0 atom stereocenters. The molecule has 0 bridgehead atoms. The van der Waals surface area contributed by atoms with Crippen LogP contribution in [0.25, 0.3) is 0 Å². The molecule has 4 aromatic rings. The van der Waals surface area contributed by atoms with Crippen molar-refractivity contribution in [1.29, 1.82) is 0 Å². The molecule has 2 saturated heterocycles. The maximum Gasteiger partial charge on any atom is 1.00 e. The molecule has 0 aromatic heterocycles. The third-order valence-corrected chi connectivity index (χ3v) is 31.8. The Bertz CT molecular complexity index is 1570. The van der Waals surface area contributed by atoms with Gasteiger partial charge in [0.1, 0.15) is 0 Å². The van der Waals surface area contributed by atoms with E-state index < -0.39 is 15.6 Å². The number of hydrogen-bond acceptors (Lipinski definition) is 11. The molecule has 6 rings (SSSR count). The van der Waals surface area contributed by atoms with Crippen LogP contribution < -0.4 is 29.6 Å². The van der Waals surface area contributed by atoms with E-state index in [0.29, 0.717) is 106 Å². The van der Waals surface area contributed by atoms with E-state index in [-0.39, 0.29) is 46.6 Å². The van der Waals surface area contributed by atoms with Gasteiger partial charge in [0.2, 0.25) is 0 Å². The first kappa shape index (κ1) is 68.6. The Morgan fingerprint density at radius 3 is 0.716 bits per heavy atom. The van der Waals surface area contributed by atoms with Crippen LogP contribution in [-0.2, 0) is 64.3 Å². The van der Waals surface area contributed by atoms with Crippen molar-refractivity contribution in [2.75, 3.05) is 106 Å². The molecule has 0 aliphatic carbocycles. The van der Waals surface area contributed by atoms with Crippen LogP contribution in [0.4, 0.5) is 0 Å². The Morgan fingerprint density at radius 1 is 0.388 bits per heavy atom. The number of benzene rings is 3. The smallest absolute Gasteiger partial charge is 0 e. The van der Waals surface area contributed by atoms with Gasteiger partial charge in [-0.3, -0.25) is 0 Å². The number of hydrogen-bond donors (Lipinski definition) is 0. The van der Waals surface area contributed by atoms with Crippen LogP contribution in [0.3, 0.4) is 0 Å². The molecule has 4 aromatic carbocycles. The van der Waals surface area contributed by atoms with Crippen molar-refractivity contribution in [2.45, 2.75) is 83.9 Å². The SMILES string of the molecule is C1COCCOCCOCCO1.C1COCCOCCOCCO1.Cc1cc(C)c([S][Sn]([S]c2c(C)cc(C)cc2C)[S]c2c(C)cc(C)cc2C)c(C)c1.Cc1cc[cH-]c1.[C-]#[O+].[C-]#[O+].[Mn].[Na+]. The first-order valence-corrected chi connectivity index (χ1v) is 34.7. The second kappa shape index (κ2) is 44.3. The molecule has 0 N–H and O–H groups in total. The summed E-state index contributed by atoms with van der Waals surface area (Å²) in [6.45, 7) is 41.7. The van der Waals surface area contributed by atoms with Crippen LogP contribution in [-0.4, -0.2) is 121 Å². The normalized spacial score (nSPS) is 14.7. The predicted octanol–water partition coefficient (Wildman–Crippen LogP) is 7.90. The third kappa shape index (κ3) is 32.3. The van der Waals surface area contributed by atoms with Crippen molar-refractivity contribution in [2.24, 2.45) is 0 Å². The third-order valence-electron chi connectivity index (χ3n) is 9.18. The van der Waals surface area contributed by atoms with Gasteiger partial charge in [-0.2, -0.15) is 18.2 Å². The van der Waals surface area contributed by atoms with Crippen molar-refractivity contribution in [1.82, 2.24) is 0 Å². The second-order valence-corrected chi connectivity index (χ2v) is 37.0. The molecule has 67 heavy (non-hydrogen) atoms. The summed E-state index contributed by atoms with van der Waals surface area (Å²) in [5.41, 5.74) is 14.0. The molecule has 2 aliphatic heterocycles. The van der Waals surface area contributed by atoms with Gasteiger partial charge in [-0.1, -0.05) is 6.92 Å². The fraction of sp³-hybridized carbons (Fsp3) is 0.510. The van der Waals surface area contributed by atoms with Gasteiger partial charge in [-0.25, -0.2) is 11.6 Å². The fourth-order valence-electron chi connectivity index (χ4n) is 6.53. The largest absolute Gasteiger partial charge is 1.00 e. The van der Waals surface area contributed by atoms with Crippen LogP contribution in [0.2, 0.25) is 0 Å². The summed E-state index contributed by atoms with van der Waals surface area (Å²) >= 11 is -2.09. The van der Waals surface area contributed by atoms with E-state index >= 15 is 0 Å². The minimum Gasteiger partial charge on any atom is 0 e. The average Bonchev–Trinajstić information content (AvgIpc) is 3.75. The number of ether oxygens (including phenoxy) is 8. The quantitative estimate of drug-likeness (QED) is 0.107. The van der Waals surface area contributed by atoms with Gasteiger partial charge in [0.25, 0.3) is 0 Å². The molecular formula is C51H72MnNaO10S3Sn. The standard InChI is InChI=1S/3C9H12S.2C8H16O4.C6H7.2CO.Mn.Na.Sn/c3*1-6-4-7(2)9(10)8(3)5-6;2*1-2-10-5-6-12-8-7-11-4-3-9-1;1-6-4-2-3-5-6;2*1-2;;;/h3*4-5,10H,1-3H3;2*1-8H2;2-5H,1H3;;;;;/q;;;;;-1;;;;+1;+3/p-3. The van der Waals surface area contributed by atoms with E-state index in [9.17, 15) is 0 Å². The maximum absolute atomic E-state index is 7.50. The summed E-state index contributed by atoms with van der Waals surface area (Å²) in [6.07, 6.45) is 0. The van der Waals surface area contributed by atoms with Gasteiger partial charge in [0.15, 0.2) is 0 Å². The molecule has 2 aliphatic rings. The van der Waals surface area contributed by atoms with Crippen LogP contribution in [0.15, 0.2) is 75.4 Å². The summed E-state index contributed by atoms with van der Waals surface area (Å²) < 4.78 is 56.7. The zero-order chi connectivity index (χ0) is 48.2. The van der Waals surface area contributed by atoms with Gasteiger partial charge in [-0.05, 0) is 0 Å². The predicted molar refractivity (Wildman–Crippen MR) is 266 cm³/mol. The molecule has 16 heteroatoms. The van der Waals surface area contributed by atoms with E-state index in [1.165, 1.54) is 70.3 Å². The first-order valence-electron chi connectivity index (χ1n) is 21.8. The van der Waals surface area contributed by atoms with E-state index in [1.807, 2.05) is 12.1 Å². The molecule has 2 heterocycles. The maximum atomic E-state index is 7.50. The molecule has 0 amide bonds. The summed E-state index contributed by atoms with van der Waals surface area (Å²) in [6, 6.07) is 22.3. The van der Waals surface area contributed by atoms with Gasteiger partial charge in [0, 0.05) is 17.1 Å². The summed E-state index contributed by atoms with van der Waals surface area (Å²) in [7, 11) is 6.62. The van der Waals surface area contributed by atoms with E-state index in [0.717, 1.165) is 0 Å². The first-order chi connectivity index (χ1) is 31.4. The van der Waals surface area contributed by atoms with Crippen LogP contribution in [0.1, 0.15) is 55.6 Å². The van der Waals surface area contributed by atoms with Gasteiger partial charge < -0.3 is 37.9 Å². The van der Waals surface area contributed by atoms with Crippen molar-refractivity contribution in [3.05, 3.63) is 130 Å². The van der Waals surface area contributed by atoms with Crippen LogP contribution >= 0.6 is 26.8 Å². The van der Waals surface area contributed by atoms with Crippen molar-refractivity contribution in [3.63, 3.8) is 0 Å². The van der Waals surface area contributed by atoms with E-state index in [2.05, 4.69) is 158 Å². The summed E-state index contributed by atoms with van der Waals surface area (Å²) in [4.78, 5) is 4.51. The van der Waals surface area contributed by atoms with Gasteiger partial charge in [-0.15, -0.1) is 0 Å². The Hall–Kier alpha value is -0.462. The number of aryl methyl sites for hydroxylation is 10. The Balaban J connectivity index is 0. The average molecular weight is 1140 g/mol. The fourth-order valence-corrected chi connectivity index (χ4v) is 34.7. The van der Waals surface area contributed by atoms with Crippen molar-refractivity contribution >= 4 is 42.4 Å². The summed E-state index contributed by atoms with van der Waals surface area (Å²) in [5, 5.41) is 0. The molecular weight excluding hydrogens is 1070 g/mol. The minimum absolute atomic E-state index is 0. The van der Waals surface area contributed by atoms with Gasteiger partial charge in [0.05, 0.1) is 106 Å². The monoisotopic (exact) mass is 1140 g/mol. The van der Waals surface area contributed by atoms with Crippen molar-refractivity contribution in [3.8, 4) is 0 Å². The Kier molecular flexibility index (Phi) is 45.3. The Morgan fingerprint density at radius 2 is 0.582 bits per heavy atom. The minimum atomic E-state index is -2.09. The van der Waals surface area contributed by atoms with E-state index in [4.69, 9.17) is 47.2 Å². The second-order valence-electron chi connectivity index (χ2n) is 15.1. The molecule has 10 nitrogen and oxygen atoms in total. The molecule has 2 radical (unpaired) electrons. The molecule has 0 unspecified atom stereocenters. The number of rotatable bonds is 6. The Labute approximate surface area is 451 Å². The topological polar surface area (TPSA) is 114 Å². The molecule has 366 valence electrons. The molecule has 0 spiro atoms. The molecule has 2 fully saturated rings. The van der Waals surface area contributed by atoms with E-state index in [1.54, 1.807) is 0 Å². The molecule has 0 saturated carbocycles. The zero-order valence-corrected chi connectivity index (χ0v) is 50.3. The van der Waals surface area contributed by atoms with Crippen LogP contribution in [0, 0.1) is 82.5 Å². The summed E-state index contributed by atoms with van der Waals surface area (Å²) in [5.74, 6) is 0.